The normalized spacial score (nSPS) is 18.4. The average Bonchev–Trinajstić information content (AvgIpc) is 2.87. The first-order valence-corrected chi connectivity index (χ1v) is 8.25. The Kier molecular flexibility index (Phi) is 4.11. The van der Waals surface area contributed by atoms with Crippen molar-refractivity contribution in [1.29, 1.82) is 0 Å². The second-order valence-corrected chi connectivity index (χ2v) is 6.20. The molecule has 2 heteroatoms. The van der Waals surface area contributed by atoms with Gasteiger partial charge in [-0.15, -0.1) is 0 Å². The van der Waals surface area contributed by atoms with Crippen LogP contribution in [-0.2, 0) is 6.42 Å². The Balaban J connectivity index is 1.71. The number of para-hydroxylation sites is 1. The van der Waals surface area contributed by atoms with E-state index >= 15 is 0 Å². The number of ether oxygens (including phenoxy) is 1. The van der Waals surface area contributed by atoms with Crippen LogP contribution >= 0.6 is 15.9 Å². The number of benzene rings is 2. The number of alkyl halides is 1. The number of hydrogen-bond donors (Lipinski definition) is 0. The number of hydrogen-bond acceptors (Lipinski definition) is 1. The van der Waals surface area contributed by atoms with Gasteiger partial charge >= 0.3 is 0 Å². The van der Waals surface area contributed by atoms with Gasteiger partial charge in [-0.1, -0.05) is 64.0 Å². The highest BCUT2D eigenvalue weighted by atomic mass is 79.9. The molecule has 1 aliphatic heterocycles. The highest BCUT2D eigenvalue weighted by Crippen LogP contribution is 2.34. The third-order valence-corrected chi connectivity index (χ3v) is 4.74. The van der Waals surface area contributed by atoms with Crippen LogP contribution in [-0.4, -0.2) is 11.4 Å². The molecule has 20 heavy (non-hydrogen) atoms. The first-order chi connectivity index (χ1) is 9.76. The summed E-state index contributed by atoms with van der Waals surface area (Å²) in [5.41, 5.74) is 4.07. The van der Waals surface area contributed by atoms with Gasteiger partial charge in [0.25, 0.3) is 0 Å². The van der Waals surface area contributed by atoms with E-state index < -0.39 is 0 Å². The van der Waals surface area contributed by atoms with Crippen LogP contribution in [0.15, 0.2) is 48.5 Å². The molecule has 0 N–H and O–H groups in total. The average molecular weight is 331 g/mol. The van der Waals surface area contributed by atoms with Gasteiger partial charge < -0.3 is 4.74 Å². The Morgan fingerprint density at radius 1 is 1.20 bits per heavy atom. The van der Waals surface area contributed by atoms with Crippen LogP contribution in [0.2, 0.25) is 0 Å². The molecule has 0 aliphatic carbocycles. The fourth-order valence-corrected chi connectivity index (χ4v) is 3.55. The van der Waals surface area contributed by atoms with Gasteiger partial charge in [-0.2, -0.15) is 0 Å². The summed E-state index contributed by atoms with van der Waals surface area (Å²) in [5, 5.41) is 0.979. The Morgan fingerprint density at radius 2 is 2.05 bits per heavy atom. The molecule has 0 amide bonds. The summed E-state index contributed by atoms with van der Waals surface area (Å²) in [6.45, 7) is 2.15. The minimum atomic E-state index is 0.301. The van der Waals surface area contributed by atoms with E-state index in [4.69, 9.17) is 4.74 Å². The van der Waals surface area contributed by atoms with E-state index in [1.165, 1.54) is 16.7 Å². The monoisotopic (exact) mass is 330 g/mol. The third kappa shape index (κ3) is 2.90. The first kappa shape index (κ1) is 13.7. The van der Waals surface area contributed by atoms with E-state index in [0.29, 0.717) is 12.0 Å². The van der Waals surface area contributed by atoms with Crippen LogP contribution < -0.4 is 4.74 Å². The SMILES string of the molecule is Cc1cccc(C(CBr)CC2Cc3ccccc3O2)c1. The Hall–Kier alpha value is -1.28. The van der Waals surface area contributed by atoms with Crippen LogP contribution in [0.3, 0.4) is 0 Å². The van der Waals surface area contributed by atoms with Gasteiger partial charge in [-0.05, 0) is 36.5 Å². The molecule has 0 fully saturated rings. The van der Waals surface area contributed by atoms with Gasteiger partial charge in [0.2, 0.25) is 0 Å². The van der Waals surface area contributed by atoms with Crippen molar-refractivity contribution in [3.05, 3.63) is 65.2 Å². The standard InChI is InChI=1S/C18H19BrO/c1-13-5-4-7-14(9-13)16(12-19)11-17-10-15-6-2-3-8-18(15)20-17/h2-9,16-17H,10-12H2,1H3. The van der Waals surface area contributed by atoms with Crippen molar-refractivity contribution >= 4 is 15.9 Å². The summed E-state index contributed by atoms with van der Waals surface area (Å²) in [5.74, 6) is 1.57. The van der Waals surface area contributed by atoms with Crippen molar-refractivity contribution in [1.82, 2.24) is 0 Å². The molecule has 104 valence electrons. The fourth-order valence-electron chi connectivity index (χ4n) is 2.91. The summed E-state index contributed by atoms with van der Waals surface area (Å²) in [7, 11) is 0. The predicted octanol–water partition coefficient (Wildman–Crippen LogP) is 4.87. The van der Waals surface area contributed by atoms with Crippen molar-refractivity contribution in [3.8, 4) is 5.75 Å². The van der Waals surface area contributed by atoms with E-state index in [9.17, 15) is 0 Å². The first-order valence-electron chi connectivity index (χ1n) is 7.13. The molecule has 0 bridgehead atoms. The van der Waals surface area contributed by atoms with Crippen LogP contribution in [0.5, 0.6) is 5.75 Å². The van der Waals surface area contributed by atoms with Crippen molar-refractivity contribution in [3.63, 3.8) is 0 Å². The zero-order valence-corrected chi connectivity index (χ0v) is 13.3. The zero-order valence-electron chi connectivity index (χ0n) is 11.7. The summed E-state index contributed by atoms with van der Waals surface area (Å²) < 4.78 is 6.07. The minimum Gasteiger partial charge on any atom is -0.490 e. The van der Waals surface area contributed by atoms with Crippen molar-refractivity contribution in [2.45, 2.75) is 31.8 Å². The third-order valence-electron chi connectivity index (χ3n) is 3.96. The van der Waals surface area contributed by atoms with E-state index in [-0.39, 0.29) is 0 Å². The summed E-state index contributed by atoms with van der Waals surface area (Å²) in [6, 6.07) is 17.2. The number of fused-ring (bicyclic) bond motifs is 1. The van der Waals surface area contributed by atoms with Crippen LogP contribution in [0.4, 0.5) is 0 Å². The van der Waals surface area contributed by atoms with Gasteiger partial charge in [0.15, 0.2) is 0 Å². The second-order valence-electron chi connectivity index (χ2n) is 5.55. The lowest BCUT2D eigenvalue weighted by Gasteiger charge is -2.19. The molecule has 2 unspecified atom stereocenters. The van der Waals surface area contributed by atoms with E-state index in [2.05, 4.69) is 65.3 Å². The number of rotatable bonds is 4. The lowest BCUT2D eigenvalue weighted by molar-refractivity contribution is 0.213. The molecule has 1 nitrogen and oxygen atoms in total. The maximum absolute atomic E-state index is 6.07. The maximum Gasteiger partial charge on any atom is 0.123 e. The molecule has 1 heterocycles. The molecule has 0 radical (unpaired) electrons. The number of aryl methyl sites for hydroxylation is 1. The van der Waals surface area contributed by atoms with Gasteiger partial charge in [0, 0.05) is 11.8 Å². The van der Waals surface area contributed by atoms with Gasteiger partial charge in [-0.3, -0.25) is 0 Å². The highest BCUT2D eigenvalue weighted by molar-refractivity contribution is 9.09. The van der Waals surface area contributed by atoms with E-state index in [0.717, 1.165) is 23.9 Å². The zero-order chi connectivity index (χ0) is 13.9. The predicted molar refractivity (Wildman–Crippen MR) is 86.9 cm³/mol. The lowest BCUT2D eigenvalue weighted by atomic mass is 9.92. The Morgan fingerprint density at radius 3 is 2.80 bits per heavy atom. The molecule has 2 aromatic carbocycles. The molecular weight excluding hydrogens is 312 g/mol. The minimum absolute atomic E-state index is 0.301. The quantitative estimate of drug-likeness (QED) is 0.727. The number of halogens is 1. The molecular formula is C18H19BrO. The highest BCUT2D eigenvalue weighted by Gasteiger charge is 2.25. The fraction of sp³-hybridized carbons (Fsp3) is 0.333. The van der Waals surface area contributed by atoms with Crippen molar-refractivity contribution < 1.29 is 4.74 Å². The maximum atomic E-state index is 6.07. The van der Waals surface area contributed by atoms with Crippen molar-refractivity contribution in [2.24, 2.45) is 0 Å². The molecule has 0 saturated carbocycles. The van der Waals surface area contributed by atoms with Crippen molar-refractivity contribution in [2.75, 3.05) is 5.33 Å². The largest absolute Gasteiger partial charge is 0.490 e. The van der Waals surface area contributed by atoms with Gasteiger partial charge in [0.1, 0.15) is 11.9 Å². The molecule has 0 aromatic heterocycles. The Bertz CT molecular complexity index is 568. The Labute approximate surface area is 129 Å². The van der Waals surface area contributed by atoms with Crippen LogP contribution in [0.1, 0.15) is 29.0 Å². The van der Waals surface area contributed by atoms with E-state index in [1.807, 2.05) is 6.07 Å². The van der Waals surface area contributed by atoms with E-state index in [1.54, 1.807) is 0 Å². The second kappa shape index (κ2) is 6.01. The summed E-state index contributed by atoms with van der Waals surface area (Å²) in [6.07, 6.45) is 2.39. The molecule has 3 rings (SSSR count). The summed E-state index contributed by atoms with van der Waals surface area (Å²) >= 11 is 3.66. The summed E-state index contributed by atoms with van der Waals surface area (Å²) in [4.78, 5) is 0. The van der Waals surface area contributed by atoms with Gasteiger partial charge in [0.05, 0.1) is 0 Å². The molecule has 2 atom stereocenters. The topological polar surface area (TPSA) is 9.23 Å². The molecule has 0 spiro atoms. The molecule has 1 aliphatic rings. The van der Waals surface area contributed by atoms with Crippen LogP contribution in [0, 0.1) is 6.92 Å². The smallest absolute Gasteiger partial charge is 0.123 e. The van der Waals surface area contributed by atoms with Crippen LogP contribution in [0.25, 0.3) is 0 Å². The van der Waals surface area contributed by atoms with Gasteiger partial charge in [-0.25, -0.2) is 0 Å². The molecule has 0 saturated heterocycles. The molecule has 2 aromatic rings. The lowest BCUT2D eigenvalue weighted by Crippen LogP contribution is -2.18.